The van der Waals surface area contributed by atoms with E-state index in [9.17, 15) is 10.2 Å². The number of rotatable bonds is 14. The lowest BCUT2D eigenvalue weighted by Gasteiger charge is -2.32. The second-order valence-corrected chi connectivity index (χ2v) is 14.7. The van der Waals surface area contributed by atoms with Gasteiger partial charge in [0.05, 0.1) is 5.56 Å². The first-order chi connectivity index (χ1) is 22.7. The molecule has 0 aliphatic carbocycles. The zero-order valence-corrected chi connectivity index (χ0v) is 31.2. The van der Waals surface area contributed by atoms with Crippen molar-refractivity contribution in [3.05, 3.63) is 92.6 Å². The Morgan fingerprint density at radius 2 is 1.29 bits per heavy atom. The van der Waals surface area contributed by atoms with Gasteiger partial charge in [0.15, 0.2) is 11.5 Å². The van der Waals surface area contributed by atoms with Gasteiger partial charge in [0.25, 0.3) is 0 Å². The van der Waals surface area contributed by atoms with Crippen LogP contribution in [0.4, 0.5) is 0 Å². The van der Waals surface area contributed by atoms with Crippen molar-refractivity contribution in [1.82, 2.24) is 0 Å². The number of ether oxygens (including phenoxy) is 1. The standard InChI is InChI=1S/C44H58O4/c1-28(2)15-11-17-30(5)19-13-20-32(7)22-23-35-37(45)27-33(8)38-39-34(9)40(46)43-36(42(39)47-41(35)38)24-26-44(10,48-43)25-14-21-31(6)18-12-16-29(3)4/h15-16,19,21-22,24,26-27,45-46H,11-14,17-18,20,23,25H2,1-10H3/b30-19+,31-21+,32-22?/t44-/m1/s1. The summed E-state index contributed by atoms with van der Waals surface area (Å²) in [6.45, 7) is 21.1. The van der Waals surface area contributed by atoms with Crippen molar-refractivity contribution >= 4 is 28.0 Å². The second kappa shape index (κ2) is 16.0. The van der Waals surface area contributed by atoms with Gasteiger partial charge in [0.1, 0.15) is 22.5 Å². The van der Waals surface area contributed by atoms with Crippen molar-refractivity contribution in [2.24, 2.45) is 0 Å². The Kier molecular flexibility index (Phi) is 12.3. The van der Waals surface area contributed by atoms with E-state index in [1.807, 2.05) is 26.0 Å². The molecule has 0 unspecified atom stereocenters. The topological polar surface area (TPSA) is 62.8 Å². The smallest absolute Gasteiger partial charge is 0.173 e. The van der Waals surface area contributed by atoms with Gasteiger partial charge >= 0.3 is 0 Å². The van der Waals surface area contributed by atoms with Crippen molar-refractivity contribution in [2.75, 3.05) is 0 Å². The Morgan fingerprint density at radius 3 is 1.90 bits per heavy atom. The first-order valence-electron chi connectivity index (χ1n) is 17.8. The molecule has 1 aliphatic heterocycles. The van der Waals surface area contributed by atoms with Crippen LogP contribution in [0.25, 0.3) is 28.0 Å². The first-order valence-corrected chi connectivity index (χ1v) is 17.8. The number of phenolic OH excluding ortho intramolecular Hbond substituents is 2. The summed E-state index contributed by atoms with van der Waals surface area (Å²) in [6, 6.07) is 1.82. The molecule has 2 N–H and O–H groups in total. The highest BCUT2D eigenvalue weighted by Crippen LogP contribution is 2.50. The quantitative estimate of drug-likeness (QED) is 0.170. The molecule has 4 rings (SSSR count). The lowest BCUT2D eigenvalue weighted by atomic mass is 9.91. The summed E-state index contributed by atoms with van der Waals surface area (Å²) in [6.07, 6.45) is 24.1. The molecule has 48 heavy (non-hydrogen) atoms. The number of hydrogen-bond donors (Lipinski definition) is 2. The molecule has 1 aliphatic rings. The van der Waals surface area contributed by atoms with E-state index < -0.39 is 5.60 Å². The molecule has 1 atom stereocenters. The molecule has 1 aromatic heterocycles. The van der Waals surface area contributed by atoms with Crippen molar-refractivity contribution in [1.29, 1.82) is 0 Å². The number of aromatic hydroxyl groups is 2. The highest BCUT2D eigenvalue weighted by Gasteiger charge is 2.33. The number of fused-ring (bicyclic) bond motifs is 5. The van der Waals surface area contributed by atoms with Crippen LogP contribution < -0.4 is 4.74 Å². The van der Waals surface area contributed by atoms with Gasteiger partial charge in [-0.05, 0) is 151 Å². The molecule has 0 fully saturated rings. The van der Waals surface area contributed by atoms with Crippen LogP contribution in [0.15, 0.2) is 74.8 Å². The number of phenols is 2. The van der Waals surface area contributed by atoms with Crippen LogP contribution in [0.3, 0.4) is 0 Å². The van der Waals surface area contributed by atoms with Gasteiger partial charge in [-0.15, -0.1) is 0 Å². The van der Waals surface area contributed by atoms with E-state index in [4.69, 9.17) is 9.15 Å². The molecule has 0 bridgehead atoms. The average Bonchev–Trinajstić information content (AvgIpc) is 3.40. The fourth-order valence-corrected chi connectivity index (χ4v) is 6.59. The largest absolute Gasteiger partial charge is 0.508 e. The average molecular weight is 651 g/mol. The summed E-state index contributed by atoms with van der Waals surface area (Å²) in [5.74, 6) is 0.854. The van der Waals surface area contributed by atoms with Crippen molar-refractivity contribution in [3.63, 3.8) is 0 Å². The lowest BCUT2D eigenvalue weighted by Crippen LogP contribution is -2.31. The fraction of sp³-hybridized carbons (Fsp3) is 0.455. The summed E-state index contributed by atoms with van der Waals surface area (Å²) in [5.41, 5.74) is 10.8. The highest BCUT2D eigenvalue weighted by atomic mass is 16.5. The van der Waals surface area contributed by atoms with Gasteiger partial charge in [-0.2, -0.15) is 0 Å². The third-order valence-corrected chi connectivity index (χ3v) is 9.61. The summed E-state index contributed by atoms with van der Waals surface area (Å²) in [5, 5.41) is 24.4. The number of furan rings is 1. The molecule has 3 aromatic rings. The molecule has 0 saturated heterocycles. The Bertz CT molecular complexity index is 1830. The summed E-state index contributed by atoms with van der Waals surface area (Å²) < 4.78 is 13.2. The summed E-state index contributed by atoms with van der Waals surface area (Å²) in [4.78, 5) is 0. The molecule has 4 heteroatoms. The maximum absolute atomic E-state index is 11.5. The maximum Gasteiger partial charge on any atom is 0.173 e. The fourth-order valence-electron chi connectivity index (χ4n) is 6.59. The van der Waals surface area contributed by atoms with E-state index in [0.29, 0.717) is 23.3 Å². The highest BCUT2D eigenvalue weighted by molar-refractivity contribution is 6.13. The predicted molar refractivity (Wildman–Crippen MR) is 205 cm³/mol. The summed E-state index contributed by atoms with van der Waals surface area (Å²) >= 11 is 0. The van der Waals surface area contributed by atoms with Gasteiger partial charge in [0.2, 0.25) is 0 Å². The third kappa shape index (κ3) is 8.95. The van der Waals surface area contributed by atoms with E-state index in [0.717, 1.165) is 84.4 Å². The number of hydrogen-bond acceptors (Lipinski definition) is 4. The normalized spacial score (nSPS) is 16.8. The Labute approximate surface area is 289 Å². The lowest BCUT2D eigenvalue weighted by molar-refractivity contribution is 0.124. The molecule has 0 amide bonds. The Balaban J connectivity index is 1.59. The van der Waals surface area contributed by atoms with Crippen LogP contribution in [0.5, 0.6) is 17.2 Å². The van der Waals surface area contributed by atoms with E-state index >= 15 is 0 Å². The van der Waals surface area contributed by atoms with Gasteiger partial charge in [-0.25, -0.2) is 0 Å². The summed E-state index contributed by atoms with van der Waals surface area (Å²) in [7, 11) is 0. The van der Waals surface area contributed by atoms with Gasteiger partial charge in [-0.1, -0.05) is 58.2 Å². The molecule has 0 saturated carbocycles. The van der Waals surface area contributed by atoms with E-state index in [1.54, 1.807) is 0 Å². The number of allylic oxidation sites excluding steroid dienone is 10. The molecule has 2 aromatic carbocycles. The van der Waals surface area contributed by atoms with Crippen molar-refractivity contribution in [3.8, 4) is 17.2 Å². The first kappa shape index (κ1) is 36.9. The minimum atomic E-state index is -0.547. The van der Waals surface area contributed by atoms with E-state index in [2.05, 4.69) is 91.8 Å². The molecule has 258 valence electrons. The molecule has 4 nitrogen and oxygen atoms in total. The Hall–Kier alpha value is -3.92. The van der Waals surface area contributed by atoms with Crippen molar-refractivity contribution < 1.29 is 19.4 Å². The predicted octanol–water partition coefficient (Wildman–Crippen LogP) is 13.2. The number of aryl methyl sites for hydroxylation is 2. The molecule has 2 heterocycles. The monoisotopic (exact) mass is 650 g/mol. The van der Waals surface area contributed by atoms with Crippen LogP contribution in [0.2, 0.25) is 0 Å². The van der Waals surface area contributed by atoms with Crippen molar-refractivity contribution in [2.45, 2.75) is 133 Å². The van der Waals surface area contributed by atoms with Crippen LogP contribution in [0, 0.1) is 13.8 Å². The third-order valence-electron chi connectivity index (χ3n) is 9.61. The minimum absolute atomic E-state index is 0.151. The van der Waals surface area contributed by atoms with E-state index in [1.165, 1.54) is 27.9 Å². The van der Waals surface area contributed by atoms with Crippen LogP contribution >= 0.6 is 0 Å². The number of benzene rings is 2. The minimum Gasteiger partial charge on any atom is -0.508 e. The molecular formula is C44H58O4. The Morgan fingerprint density at radius 1 is 0.729 bits per heavy atom. The SMILES string of the molecule is CC(C)=CCC/C(C)=C/CCC(C)=CCc1c(O)cc(C)c2c1oc1c3c(c(O)c(C)c12)O[C@](C)(CC/C=C(\C)CCC=C(C)C)C=C3. The zero-order chi connectivity index (χ0) is 35.2. The van der Waals surface area contributed by atoms with E-state index in [-0.39, 0.29) is 11.5 Å². The van der Waals surface area contributed by atoms with Crippen LogP contribution in [-0.4, -0.2) is 15.8 Å². The maximum atomic E-state index is 11.5. The second-order valence-electron chi connectivity index (χ2n) is 14.7. The molecule has 0 spiro atoms. The molecular weight excluding hydrogens is 592 g/mol. The zero-order valence-electron chi connectivity index (χ0n) is 31.2. The van der Waals surface area contributed by atoms with Gasteiger partial charge < -0.3 is 19.4 Å². The van der Waals surface area contributed by atoms with Gasteiger partial charge in [0, 0.05) is 21.9 Å². The van der Waals surface area contributed by atoms with Crippen LogP contribution in [-0.2, 0) is 6.42 Å². The van der Waals surface area contributed by atoms with Crippen LogP contribution in [0.1, 0.15) is 129 Å². The van der Waals surface area contributed by atoms with Gasteiger partial charge in [-0.3, -0.25) is 0 Å². The molecule has 0 radical (unpaired) electrons.